The number of nitrogens with zero attached hydrogens (tertiary/aromatic N) is 2. The first-order valence-corrected chi connectivity index (χ1v) is 8.99. The molecule has 1 aromatic heterocycles. The molecule has 2 heterocycles. The fourth-order valence-electron chi connectivity index (χ4n) is 2.62. The predicted molar refractivity (Wildman–Crippen MR) is 102 cm³/mol. The first-order valence-electron chi connectivity index (χ1n) is 8.99. The molecule has 1 amide bonds. The number of nitrogens with one attached hydrogen (secondary N) is 3. The minimum absolute atomic E-state index is 0.0880. The highest BCUT2D eigenvalue weighted by molar-refractivity contribution is 5.76. The second kappa shape index (κ2) is 8.51. The molecule has 1 aliphatic heterocycles. The largest absolute Gasteiger partial charge is 0.484 e. The Hall–Kier alpha value is -3.44. The molecule has 0 unspecified atom stereocenters. The quantitative estimate of drug-likeness (QED) is 0.665. The third kappa shape index (κ3) is 4.75. The fourth-order valence-corrected chi connectivity index (χ4v) is 2.62. The van der Waals surface area contributed by atoms with Gasteiger partial charge in [-0.3, -0.25) is 0 Å². The molecular weight excluding hydrogens is 407 g/mol. The van der Waals surface area contributed by atoms with Gasteiger partial charge in [0.25, 0.3) is 0 Å². The third-order valence-corrected chi connectivity index (χ3v) is 3.84. The molecule has 162 valence electrons. The Morgan fingerprint density at radius 3 is 2.53 bits per heavy atom. The minimum Gasteiger partial charge on any atom is -0.484 e. The summed E-state index contributed by atoms with van der Waals surface area (Å²) >= 11 is 0. The lowest BCUT2D eigenvalue weighted by Gasteiger charge is -2.23. The van der Waals surface area contributed by atoms with Crippen molar-refractivity contribution in [3.8, 4) is 17.2 Å². The van der Waals surface area contributed by atoms with Gasteiger partial charge in [0.05, 0.1) is 5.69 Å². The van der Waals surface area contributed by atoms with Crippen LogP contribution in [-0.4, -0.2) is 42.4 Å². The van der Waals surface area contributed by atoms with Crippen LogP contribution in [0.1, 0.15) is 19.4 Å². The molecule has 12 heteroatoms. The lowest BCUT2D eigenvalue weighted by atomic mass is 10.2. The molecule has 0 spiro atoms. The van der Waals surface area contributed by atoms with Crippen LogP contribution in [0.4, 0.5) is 35.4 Å². The maximum Gasteiger partial charge on any atom is 0.421 e. The molecule has 9 nitrogen and oxygen atoms in total. The van der Waals surface area contributed by atoms with Crippen molar-refractivity contribution in [2.24, 2.45) is 0 Å². The molecule has 0 saturated heterocycles. The van der Waals surface area contributed by atoms with Crippen molar-refractivity contribution >= 4 is 23.5 Å². The van der Waals surface area contributed by atoms with E-state index in [1.54, 1.807) is 13.8 Å². The van der Waals surface area contributed by atoms with Crippen molar-refractivity contribution in [1.82, 2.24) is 15.3 Å². The molecule has 1 aromatic carbocycles. The topological polar surface area (TPSA) is 107 Å². The molecule has 3 rings (SSSR count). The van der Waals surface area contributed by atoms with E-state index in [-0.39, 0.29) is 48.3 Å². The van der Waals surface area contributed by atoms with Gasteiger partial charge in [0.15, 0.2) is 11.5 Å². The first kappa shape index (κ1) is 21.3. The van der Waals surface area contributed by atoms with Crippen molar-refractivity contribution in [3.63, 3.8) is 0 Å². The third-order valence-electron chi connectivity index (χ3n) is 3.84. The molecule has 3 N–H and O–H groups in total. The van der Waals surface area contributed by atoms with E-state index in [0.29, 0.717) is 11.9 Å². The van der Waals surface area contributed by atoms with Gasteiger partial charge in [-0.2, -0.15) is 18.2 Å². The van der Waals surface area contributed by atoms with Crippen molar-refractivity contribution in [2.75, 3.05) is 30.9 Å². The molecule has 0 saturated carbocycles. The van der Waals surface area contributed by atoms with Gasteiger partial charge in [0.1, 0.15) is 24.6 Å². The SMILES string of the molecule is CNc1nc(Nc2ccc(OC(=O)NC(C)C)c3c2OCCO3)ncc1C(F)(F)F. The van der Waals surface area contributed by atoms with Crippen LogP contribution in [-0.2, 0) is 6.18 Å². The Kier molecular flexibility index (Phi) is 6.04. The lowest BCUT2D eigenvalue weighted by molar-refractivity contribution is -0.137. The van der Waals surface area contributed by atoms with E-state index in [2.05, 4.69) is 25.9 Å². The molecule has 0 atom stereocenters. The van der Waals surface area contributed by atoms with Crippen molar-refractivity contribution in [3.05, 3.63) is 23.9 Å². The highest BCUT2D eigenvalue weighted by atomic mass is 19.4. The van der Waals surface area contributed by atoms with E-state index in [0.717, 1.165) is 0 Å². The van der Waals surface area contributed by atoms with Gasteiger partial charge in [-0.15, -0.1) is 0 Å². The van der Waals surface area contributed by atoms with Crippen LogP contribution in [0.15, 0.2) is 18.3 Å². The number of ether oxygens (including phenoxy) is 3. The Labute approximate surface area is 169 Å². The van der Waals surface area contributed by atoms with E-state index < -0.39 is 17.8 Å². The smallest absolute Gasteiger partial charge is 0.421 e. The summed E-state index contributed by atoms with van der Waals surface area (Å²) < 4.78 is 55.5. The molecule has 0 bridgehead atoms. The average molecular weight is 427 g/mol. The number of halogens is 3. The molecule has 30 heavy (non-hydrogen) atoms. The van der Waals surface area contributed by atoms with Crippen LogP contribution in [0.5, 0.6) is 17.2 Å². The van der Waals surface area contributed by atoms with Gasteiger partial charge < -0.3 is 30.2 Å². The summed E-state index contributed by atoms with van der Waals surface area (Å²) in [7, 11) is 1.33. The zero-order chi connectivity index (χ0) is 21.9. The summed E-state index contributed by atoms with van der Waals surface area (Å²) in [5.41, 5.74) is -0.653. The van der Waals surface area contributed by atoms with Crippen LogP contribution in [0.2, 0.25) is 0 Å². The highest BCUT2D eigenvalue weighted by Gasteiger charge is 2.35. The number of amides is 1. The van der Waals surface area contributed by atoms with Crippen LogP contribution in [0.25, 0.3) is 0 Å². The van der Waals surface area contributed by atoms with E-state index in [1.807, 2.05) is 0 Å². The molecule has 0 fully saturated rings. The number of alkyl halides is 3. The van der Waals surface area contributed by atoms with Gasteiger partial charge in [-0.25, -0.2) is 9.78 Å². The maximum absolute atomic E-state index is 13.0. The average Bonchev–Trinajstić information content (AvgIpc) is 2.68. The summed E-state index contributed by atoms with van der Waals surface area (Å²) in [5.74, 6) is 0.0838. The number of aromatic nitrogens is 2. The maximum atomic E-state index is 13.0. The van der Waals surface area contributed by atoms with Crippen LogP contribution < -0.4 is 30.2 Å². The Morgan fingerprint density at radius 1 is 1.20 bits per heavy atom. The Morgan fingerprint density at radius 2 is 1.90 bits per heavy atom. The van der Waals surface area contributed by atoms with E-state index >= 15 is 0 Å². The van der Waals surface area contributed by atoms with Crippen molar-refractivity contribution in [2.45, 2.75) is 26.1 Å². The zero-order valence-electron chi connectivity index (χ0n) is 16.4. The fraction of sp³-hybridized carbons (Fsp3) is 0.389. The van der Waals surface area contributed by atoms with Gasteiger partial charge in [-0.1, -0.05) is 0 Å². The normalized spacial score (nSPS) is 13.0. The van der Waals surface area contributed by atoms with Crippen LogP contribution >= 0.6 is 0 Å². The van der Waals surface area contributed by atoms with Crippen molar-refractivity contribution < 1.29 is 32.2 Å². The van der Waals surface area contributed by atoms with E-state index in [4.69, 9.17) is 14.2 Å². The number of anilines is 3. The summed E-state index contributed by atoms with van der Waals surface area (Å²) in [4.78, 5) is 19.5. The monoisotopic (exact) mass is 427 g/mol. The number of hydrogen-bond donors (Lipinski definition) is 3. The molecular formula is C18H20F3N5O4. The summed E-state index contributed by atoms with van der Waals surface area (Å²) in [5, 5.41) is 7.80. The first-order chi connectivity index (χ1) is 14.2. The molecule has 0 radical (unpaired) electrons. The number of carbonyl (C=O) groups is 1. The molecule has 2 aromatic rings. The number of hydrogen-bond acceptors (Lipinski definition) is 8. The van der Waals surface area contributed by atoms with Gasteiger partial charge in [0.2, 0.25) is 11.7 Å². The van der Waals surface area contributed by atoms with Gasteiger partial charge in [0, 0.05) is 19.3 Å². The standard InChI is InChI=1S/C18H20F3N5O4/c1-9(2)24-17(27)30-12-5-4-11(13-14(12)29-7-6-28-13)25-16-23-8-10(18(19,20)21)15(22-3)26-16/h4-5,8-9H,6-7H2,1-3H3,(H,24,27)(H2,22,23,25,26). The second-order valence-corrected chi connectivity index (χ2v) is 6.48. The second-order valence-electron chi connectivity index (χ2n) is 6.48. The zero-order valence-corrected chi connectivity index (χ0v) is 16.4. The Bertz CT molecular complexity index is 937. The van der Waals surface area contributed by atoms with Crippen molar-refractivity contribution in [1.29, 1.82) is 0 Å². The summed E-state index contributed by atoms with van der Waals surface area (Å²) in [6.07, 6.45) is -4.58. The van der Waals surface area contributed by atoms with Crippen LogP contribution in [0.3, 0.4) is 0 Å². The number of carbonyl (C=O) groups excluding carboxylic acids is 1. The van der Waals surface area contributed by atoms with Gasteiger partial charge >= 0.3 is 12.3 Å². The Balaban J connectivity index is 1.89. The number of fused-ring (bicyclic) bond motifs is 1. The van der Waals surface area contributed by atoms with E-state index in [9.17, 15) is 18.0 Å². The summed E-state index contributed by atoms with van der Waals surface area (Å²) in [6.45, 7) is 4.04. The number of rotatable bonds is 5. The molecule has 0 aliphatic carbocycles. The van der Waals surface area contributed by atoms with E-state index in [1.165, 1.54) is 19.2 Å². The highest BCUT2D eigenvalue weighted by Crippen LogP contribution is 2.45. The minimum atomic E-state index is -4.59. The lowest BCUT2D eigenvalue weighted by Crippen LogP contribution is -2.33. The van der Waals surface area contributed by atoms with Gasteiger partial charge in [-0.05, 0) is 26.0 Å². The number of benzene rings is 1. The summed E-state index contributed by atoms with van der Waals surface area (Å²) in [6, 6.07) is 2.87. The predicted octanol–water partition coefficient (Wildman–Crippen LogP) is 3.55. The molecule has 1 aliphatic rings. The van der Waals surface area contributed by atoms with Crippen LogP contribution in [0, 0.1) is 0 Å².